The van der Waals surface area contributed by atoms with Crippen molar-refractivity contribution < 1.29 is 14.6 Å². The van der Waals surface area contributed by atoms with Crippen molar-refractivity contribution in [3.8, 4) is 11.5 Å². The summed E-state index contributed by atoms with van der Waals surface area (Å²) < 4.78 is 5.46. The minimum Gasteiger partial charge on any atom is -0.504 e. The lowest BCUT2D eigenvalue weighted by atomic mass is 10.2. The summed E-state index contributed by atoms with van der Waals surface area (Å²) in [6.07, 6.45) is 1.69. The van der Waals surface area contributed by atoms with Gasteiger partial charge in [0.2, 0.25) is 0 Å². The van der Waals surface area contributed by atoms with E-state index in [1.54, 1.807) is 42.5 Å². The molecule has 1 N–H and O–H groups in total. The van der Waals surface area contributed by atoms with Crippen LogP contribution in [-0.4, -0.2) is 22.4 Å². The monoisotopic (exact) mass is 377 g/mol. The Labute approximate surface area is 153 Å². The molecule has 2 aromatic rings. The summed E-state index contributed by atoms with van der Waals surface area (Å²) >= 11 is 12.4. The minimum absolute atomic E-state index is 0.0134. The van der Waals surface area contributed by atoms with Crippen molar-refractivity contribution in [1.82, 2.24) is 0 Å². The van der Waals surface area contributed by atoms with E-state index >= 15 is 0 Å². The Kier molecular flexibility index (Phi) is 4.80. The number of methoxy groups -OCH3 is 1. The lowest BCUT2D eigenvalue weighted by molar-refractivity contribution is -0.113. The van der Waals surface area contributed by atoms with Crippen molar-refractivity contribution >= 4 is 57.6 Å². The summed E-state index contributed by atoms with van der Waals surface area (Å²) in [6.45, 7) is 0. The Morgan fingerprint density at radius 3 is 2.58 bits per heavy atom. The molecule has 7 heteroatoms. The number of nitrogens with zero attached hydrogens (tertiary/aromatic N) is 1. The summed E-state index contributed by atoms with van der Waals surface area (Å²) in [5.41, 5.74) is 1.35. The Hall–Kier alpha value is -2.02. The molecular weight excluding hydrogens is 366 g/mol. The highest BCUT2D eigenvalue weighted by molar-refractivity contribution is 8.27. The van der Waals surface area contributed by atoms with Crippen LogP contribution >= 0.6 is 35.6 Å². The highest BCUT2D eigenvalue weighted by Crippen LogP contribution is 2.37. The van der Waals surface area contributed by atoms with Crippen LogP contribution in [0.4, 0.5) is 5.69 Å². The SMILES string of the molecule is COc1ccc(/C=C2/SC(=S)N(c3ccc(Cl)cc3)C2=O)cc1O. The van der Waals surface area contributed by atoms with Crippen LogP contribution in [0.1, 0.15) is 5.56 Å². The molecular formula is C17H12ClNO3S2. The van der Waals surface area contributed by atoms with Gasteiger partial charge in [-0.15, -0.1) is 0 Å². The Morgan fingerprint density at radius 1 is 1.25 bits per heavy atom. The van der Waals surface area contributed by atoms with E-state index in [0.29, 0.717) is 31.2 Å². The summed E-state index contributed by atoms with van der Waals surface area (Å²) in [4.78, 5) is 14.6. The van der Waals surface area contributed by atoms with E-state index in [2.05, 4.69) is 0 Å². The van der Waals surface area contributed by atoms with Gasteiger partial charge in [-0.05, 0) is 48.0 Å². The fraction of sp³-hybridized carbons (Fsp3) is 0.0588. The Morgan fingerprint density at radius 2 is 1.96 bits per heavy atom. The van der Waals surface area contributed by atoms with Crippen LogP contribution in [0.3, 0.4) is 0 Å². The van der Waals surface area contributed by atoms with E-state index in [0.717, 1.165) is 0 Å². The molecule has 0 unspecified atom stereocenters. The largest absolute Gasteiger partial charge is 0.504 e. The third kappa shape index (κ3) is 3.26. The van der Waals surface area contributed by atoms with E-state index in [4.69, 9.17) is 28.6 Å². The number of hydrogen-bond acceptors (Lipinski definition) is 5. The topological polar surface area (TPSA) is 49.8 Å². The number of thiocarbonyl (C=S) groups is 1. The molecule has 3 rings (SSSR count). The number of aromatic hydroxyl groups is 1. The predicted molar refractivity (Wildman–Crippen MR) is 102 cm³/mol. The number of ether oxygens (including phenoxy) is 1. The zero-order chi connectivity index (χ0) is 17.3. The lowest BCUT2D eigenvalue weighted by Crippen LogP contribution is -2.27. The third-order valence-corrected chi connectivity index (χ3v) is 4.93. The van der Waals surface area contributed by atoms with E-state index in [-0.39, 0.29) is 11.7 Å². The van der Waals surface area contributed by atoms with Gasteiger partial charge in [0, 0.05) is 5.02 Å². The third-order valence-electron chi connectivity index (χ3n) is 3.38. The first kappa shape index (κ1) is 16.8. The highest BCUT2D eigenvalue weighted by atomic mass is 35.5. The first-order chi connectivity index (χ1) is 11.5. The molecule has 0 spiro atoms. The molecule has 1 saturated heterocycles. The van der Waals surface area contributed by atoms with Crippen molar-refractivity contribution in [3.05, 3.63) is 58.0 Å². The van der Waals surface area contributed by atoms with Gasteiger partial charge in [-0.1, -0.05) is 41.6 Å². The zero-order valence-electron chi connectivity index (χ0n) is 12.5. The number of carbonyl (C=O) groups excluding carboxylic acids is 1. The molecule has 1 aliphatic rings. The van der Waals surface area contributed by atoms with Crippen molar-refractivity contribution in [3.63, 3.8) is 0 Å². The number of anilines is 1. The number of hydrogen-bond donors (Lipinski definition) is 1. The summed E-state index contributed by atoms with van der Waals surface area (Å²) in [6, 6.07) is 11.8. The molecule has 2 aromatic carbocycles. The van der Waals surface area contributed by atoms with E-state index in [1.165, 1.54) is 29.8 Å². The van der Waals surface area contributed by atoms with Crippen LogP contribution in [-0.2, 0) is 4.79 Å². The molecule has 122 valence electrons. The maximum atomic E-state index is 12.6. The lowest BCUT2D eigenvalue weighted by Gasteiger charge is -2.14. The summed E-state index contributed by atoms with van der Waals surface area (Å²) in [7, 11) is 1.48. The molecule has 1 fully saturated rings. The number of thioether (sulfide) groups is 1. The van der Waals surface area contributed by atoms with Crippen molar-refractivity contribution in [2.45, 2.75) is 0 Å². The predicted octanol–water partition coefficient (Wildman–Crippen LogP) is 4.46. The van der Waals surface area contributed by atoms with Gasteiger partial charge in [0.15, 0.2) is 15.8 Å². The first-order valence-corrected chi connectivity index (χ1v) is 8.50. The van der Waals surface area contributed by atoms with Crippen molar-refractivity contribution in [2.75, 3.05) is 12.0 Å². The minimum atomic E-state index is -0.206. The van der Waals surface area contributed by atoms with Gasteiger partial charge in [0.25, 0.3) is 5.91 Å². The molecule has 1 amide bonds. The number of phenols is 1. The molecule has 0 atom stereocenters. The summed E-state index contributed by atoms with van der Waals surface area (Å²) in [5.74, 6) is 0.183. The number of rotatable bonds is 3. The number of amides is 1. The maximum absolute atomic E-state index is 12.6. The standard InChI is InChI=1S/C17H12ClNO3S2/c1-22-14-7-2-10(8-13(14)20)9-15-16(21)19(17(23)24-15)12-5-3-11(18)4-6-12/h2-9,20H,1H3/b15-9+. The quantitative estimate of drug-likeness (QED) is 0.632. The van der Waals surface area contributed by atoms with E-state index < -0.39 is 0 Å². The average Bonchev–Trinajstić information content (AvgIpc) is 2.83. The molecule has 1 aliphatic heterocycles. The fourth-order valence-electron chi connectivity index (χ4n) is 2.23. The van der Waals surface area contributed by atoms with Crippen LogP contribution < -0.4 is 9.64 Å². The normalized spacial score (nSPS) is 16.1. The smallest absolute Gasteiger partial charge is 0.270 e. The molecule has 0 radical (unpaired) electrons. The number of halogens is 1. The maximum Gasteiger partial charge on any atom is 0.270 e. The van der Waals surface area contributed by atoms with E-state index in [9.17, 15) is 9.90 Å². The number of phenolic OH excluding ortho intramolecular Hbond substituents is 1. The van der Waals surface area contributed by atoms with Gasteiger partial charge in [-0.3, -0.25) is 9.69 Å². The molecule has 0 bridgehead atoms. The van der Waals surface area contributed by atoms with Crippen LogP contribution in [0.15, 0.2) is 47.4 Å². The van der Waals surface area contributed by atoms with Crippen LogP contribution in [0.5, 0.6) is 11.5 Å². The van der Waals surface area contributed by atoms with Gasteiger partial charge in [0.05, 0.1) is 17.7 Å². The van der Waals surface area contributed by atoms with Crippen LogP contribution in [0.25, 0.3) is 6.08 Å². The van der Waals surface area contributed by atoms with Crippen LogP contribution in [0, 0.1) is 0 Å². The second-order valence-electron chi connectivity index (χ2n) is 4.92. The molecule has 0 aliphatic carbocycles. The molecule has 1 heterocycles. The Balaban J connectivity index is 1.90. The van der Waals surface area contributed by atoms with Crippen molar-refractivity contribution in [1.29, 1.82) is 0 Å². The molecule has 0 saturated carbocycles. The number of benzene rings is 2. The van der Waals surface area contributed by atoms with Crippen LogP contribution in [0.2, 0.25) is 5.02 Å². The van der Waals surface area contributed by atoms with Gasteiger partial charge in [0.1, 0.15) is 0 Å². The van der Waals surface area contributed by atoms with Gasteiger partial charge in [-0.25, -0.2) is 0 Å². The first-order valence-electron chi connectivity index (χ1n) is 6.90. The molecule has 24 heavy (non-hydrogen) atoms. The second-order valence-corrected chi connectivity index (χ2v) is 7.04. The van der Waals surface area contributed by atoms with Gasteiger partial charge >= 0.3 is 0 Å². The zero-order valence-corrected chi connectivity index (χ0v) is 14.9. The molecule has 4 nitrogen and oxygen atoms in total. The number of carbonyl (C=O) groups is 1. The molecule has 0 aromatic heterocycles. The second kappa shape index (κ2) is 6.84. The van der Waals surface area contributed by atoms with Crippen molar-refractivity contribution in [2.24, 2.45) is 0 Å². The fourth-order valence-corrected chi connectivity index (χ4v) is 3.65. The Bertz CT molecular complexity index is 849. The van der Waals surface area contributed by atoms with E-state index in [1.807, 2.05) is 0 Å². The average molecular weight is 378 g/mol. The van der Waals surface area contributed by atoms with Gasteiger partial charge in [-0.2, -0.15) is 0 Å². The van der Waals surface area contributed by atoms with Gasteiger partial charge < -0.3 is 9.84 Å². The summed E-state index contributed by atoms with van der Waals surface area (Å²) in [5, 5.41) is 10.4. The highest BCUT2D eigenvalue weighted by Gasteiger charge is 2.33.